The first kappa shape index (κ1) is 21.0. The molecule has 1 saturated carbocycles. The summed E-state index contributed by atoms with van der Waals surface area (Å²) < 4.78 is 6.91. The van der Waals surface area contributed by atoms with Gasteiger partial charge >= 0.3 is 5.97 Å². The van der Waals surface area contributed by atoms with E-state index in [0.717, 1.165) is 42.9 Å². The van der Waals surface area contributed by atoms with Crippen LogP contribution in [0.2, 0.25) is 0 Å². The molecule has 7 heteroatoms. The molecule has 2 aromatic carbocycles. The van der Waals surface area contributed by atoms with E-state index in [1.54, 1.807) is 23.7 Å². The van der Waals surface area contributed by atoms with E-state index < -0.39 is 0 Å². The van der Waals surface area contributed by atoms with Crippen molar-refractivity contribution in [3.63, 3.8) is 0 Å². The summed E-state index contributed by atoms with van der Waals surface area (Å²) in [5.41, 5.74) is 4.38. The number of nitrogens with one attached hydrogen (secondary N) is 1. The Kier molecular flexibility index (Phi) is 6.02. The van der Waals surface area contributed by atoms with Crippen LogP contribution in [0.25, 0.3) is 5.69 Å². The van der Waals surface area contributed by atoms with E-state index in [0.29, 0.717) is 12.2 Å². The van der Waals surface area contributed by atoms with Crippen molar-refractivity contribution in [3.8, 4) is 5.69 Å². The van der Waals surface area contributed by atoms with Gasteiger partial charge in [0.25, 0.3) is 0 Å². The van der Waals surface area contributed by atoms with Crippen molar-refractivity contribution in [1.29, 1.82) is 0 Å². The number of aryl methyl sites for hydroxylation is 2. The van der Waals surface area contributed by atoms with Crippen molar-refractivity contribution >= 4 is 11.7 Å². The lowest BCUT2D eigenvalue weighted by atomic mass is 9.80. The molecule has 0 spiro atoms. The summed E-state index contributed by atoms with van der Waals surface area (Å²) in [6, 6.07) is 13.8. The van der Waals surface area contributed by atoms with Crippen LogP contribution in [0.15, 0.2) is 42.5 Å². The number of nitrogens with zero attached hydrogens (tertiary/aromatic N) is 4. The van der Waals surface area contributed by atoms with E-state index in [4.69, 9.17) is 4.74 Å². The topological polar surface area (TPSA) is 81.9 Å². The predicted octanol–water partition coefficient (Wildman–Crippen LogP) is 4.73. The molecule has 1 aliphatic rings. The fourth-order valence-corrected chi connectivity index (χ4v) is 4.52. The molecule has 1 aliphatic carbocycles. The fourth-order valence-electron chi connectivity index (χ4n) is 4.52. The monoisotopic (exact) mass is 419 g/mol. The number of hydrogen-bond acceptors (Lipinski definition) is 6. The molecule has 0 aliphatic heterocycles. The molecule has 1 aromatic heterocycles. The van der Waals surface area contributed by atoms with Crippen molar-refractivity contribution in [2.45, 2.75) is 58.4 Å². The molecule has 31 heavy (non-hydrogen) atoms. The summed E-state index contributed by atoms with van der Waals surface area (Å²) in [5.74, 6) is 0.423. The van der Waals surface area contributed by atoms with E-state index in [9.17, 15) is 4.79 Å². The quantitative estimate of drug-likeness (QED) is 0.582. The van der Waals surface area contributed by atoms with Crippen LogP contribution in [0, 0.1) is 13.8 Å². The number of anilines is 1. The van der Waals surface area contributed by atoms with Crippen LogP contribution in [0.3, 0.4) is 0 Å². The molecule has 7 nitrogen and oxygen atoms in total. The number of rotatable bonds is 6. The van der Waals surface area contributed by atoms with Crippen LogP contribution >= 0.6 is 0 Å². The SMILES string of the molecule is CCOC(=O)c1cccc(-n2nnnc2C2(Nc3cc(C)cc(C)c3)CCCCC2)c1. The van der Waals surface area contributed by atoms with E-state index in [1.807, 2.05) is 12.1 Å². The van der Waals surface area contributed by atoms with Gasteiger partial charge in [0, 0.05) is 5.69 Å². The molecule has 0 atom stereocenters. The van der Waals surface area contributed by atoms with Crippen LogP contribution in [-0.2, 0) is 10.3 Å². The summed E-state index contributed by atoms with van der Waals surface area (Å²) in [6.07, 6.45) is 5.30. The van der Waals surface area contributed by atoms with Gasteiger partial charge in [-0.1, -0.05) is 31.4 Å². The fraction of sp³-hybridized carbons (Fsp3) is 0.417. The second kappa shape index (κ2) is 8.88. The zero-order chi connectivity index (χ0) is 21.8. The minimum Gasteiger partial charge on any atom is -0.462 e. The molecular formula is C24H29N5O2. The van der Waals surface area contributed by atoms with Crippen molar-refractivity contribution < 1.29 is 9.53 Å². The molecule has 1 N–H and O–H groups in total. The lowest BCUT2D eigenvalue weighted by Gasteiger charge is -2.38. The molecule has 3 aromatic rings. The van der Waals surface area contributed by atoms with Crippen molar-refractivity contribution in [1.82, 2.24) is 20.2 Å². The van der Waals surface area contributed by atoms with Gasteiger partial charge in [-0.25, -0.2) is 4.79 Å². The van der Waals surface area contributed by atoms with Gasteiger partial charge in [0.1, 0.15) is 0 Å². The zero-order valence-electron chi connectivity index (χ0n) is 18.4. The van der Waals surface area contributed by atoms with Gasteiger partial charge in [-0.15, -0.1) is 5.10 Å². The molecule has 0 saturated heterocycles. The number of carbonyl (C=O) groups is 1. The highest BCUT2D eigenvalue weighted by Crippen LogP contribution is 2.40. The smallest absolute Gasteiger partial charge is 0.338 e. The minimum atomic E-state index is -0.373. The normalized spacial score (nSPS) is 15.5. The summed E-state index contributed by atoms with van der Waals surface area (Å²) in [7, 11) is 0. The first-order valence-corrected chi connectivity index (χ1v) is 10.9. The third kappa shape index (κ3) is 4.45. The minimum absolute atomic E-state index is 0.335. The Morgan fingerprint density at radius 3 is 2.55 bits per heavy atom. The molecule has 0 radical (unpaired) electrons. The van der Waals surface area contributed by atoms with Crippen LogP contribution in [0.1, 0.15) is 66.3 Å². The number of carbonyl (C=O) groups excluding carboxylic acids is 1. The summed E-state index contributed by atoms with van der Waals surface area (Å²) in [4.78, 5) is 12.2. The molecule has 1 fully saturated rings. The van der Waals surface area contributed by atoms with Gasteiger partial charge in [0.05, 0.1) is 23.4 Å². The van der Waals surface area contributed by atoms with E-state index in [-0.39, 0.29) is 11.5 Å². The third-order valence-electron chi connectivity index (χ3n) is 5.81. The van der Waals surface area contributed by atoms with Crippen molar-refractivity contribution in [2.24, 2.45) is 0 Å². The Morgan fingerprint density at radius 1 is 1.10 bits per heavy atom. The first-order valence-electron chi connectivity index (χ1n) is 10.9. The average molecular weight is 420 g/mol. The molecule has 0 amide bonds. The van der Waals surface area contributed by atoms with Gasteiger partial charge < -0.3 is 10.1 Å². The predicted molar refractivity (Wildman–Crippen MR) is 119 cm³/mol. The number of ether oxygens (including phenoxy) is 1. The zero-order valence-corrected chi connectivity index (χ0v) is 18.4. The second-order valence-electron chi connectivity index (χ2n) is 8.33. The highest BCUT2D eigenvalue weighted by molar-refractivity contribution is 5.90. The summed E-state index contributed by atoms with van der Waals surface area (Å²) in [6.45, 7) is 6.35. The molecule has 162 valence electrons. The Bertz CT molecular complexity index is 1050. The maximum atomic E-state index is 12.2. The highest BCUT2D eigenvalue weighted by atomic mass is 16.5. The first-order chi connectivity index (χ1) is 15.0. The standard InChI is InChI=1S/C24H29N5O2/c1-4-31-22(30)19-9-8-10-21(16-19)29-23(26-27-28-29)24(11-6-5-7-12-24)25-20-14-17(2)13-18(3)15-20/h8-10,13-16,25H,4-7,11-12H2,1-3H3. The van der Waals surface area contributed by atoms with E-state index >= 15 is 0 Å². The number of benzene rings is 2. The van der Waals surface area contributed by atoms with E-state index in [2.05, 4.69) is 52.9 Å². The van der Waals surface area contributed by atoms with Crippen molar-refractivity contribution in [2.75, 3.05) is 11.9 Å². The van der Waals surface area contributed by atoms with Crippen LogP contribution in [-0.4, -0.2) is 32.8 Å². The largest absolute Gasteiger partial charge is 0.462 e. The third-order valence-corrected chi connectivity index (χ3v) is 5.81. The lowest BCUT2D eigenvalue weighted by Crippen LogP contribution is -2.40. The summed E-state index contributed by atoms with van der Waals surface area (Å²) >= 11 is 0. The number of aromatic nitrogens is 4. The van der Waals surface area contributed by atoms with Crippen LogP contribution < -0.4 is 5.32 Å². The van der Waals surface area contributed by atoms with Crippen molar-refractivity contribution in [3.05, 3.63) is 65.0 Å². The van der Waals surface area contributed by atoms with Gasteiger partial charge in [-0.2, -0.15) is 4.68 Å². The number of esters is 1. The number of tetrazole rings is 1. The van der Waals surface area contributed by atoms with Gasteiger partial charge in [-0.3, -0.25) is 0 Å². The Morgan fingerprint density at radius 2 is 1.84 bits per heavy atom. The van der Waals surface area contributed by atoms with Gasteiger partial charge in [0.2, 0.25) is 0 Å². The molecule has 0 bridgehead atoms. The van der Waals surface area contributed by atoms with Crippen LogP contribution in [0.4, 0.5) is 5.69 Å². The summed E-state index contributed by atoms with van der Waals surface area (Å²) in [5, 5.41) is 16.6. The molecule has 4 rings (SSSR count). The second-order valence-corrected chi connectivity index (χ2v) is 8.33. The van der Waals surface area contributed by atoms with E-state index in [1.165, 1.54) is 17.5 Å². The van der Waals surface area contributed by atoms with Crippen LogP contribution in [0.5, 0.6) is 0 Å². The molecule has 1 heterocycles. The van der Waals surface area contributed by atoms with Gasteiger partial charge in [-0.05, 0) is 85.5 Å². The Balaban J connectivity index is 1.74. The maximum Gasteiger partial charge on any atom is 0.338 e. The van der Waals surface area contributed by atoms with Gasteiger partial charge in [0.15, 0.2) is 5.82 Å². The Labute approximate surface area is 182 Å². The average Bonchev–Trinajstić information content (AvgIpc) is 3.25. The highest BCUT2D eigenvalue weighted by Gasteiger charge is 2.39. The Hall–Kier alpha value is -3.22. The molecular weight excluding hydrogens is 390 g/mol. The number of hydrogen-bond donors (Lipinski definition) is 1. The lowest BCUT2D eigenvalue weighted by molar-refractivity contribution is 0.0526. The maximum absolute atomic E-state index is 12.2. The molecule has 0 unspecified atom stereocenters.